The molecule has 0 saturated carbocycles. The Hall–Kier alpha value is -0.340. The molecule has 1 atom stereocenters. The Balaban J connectivity index is 2.52. The molecule has 2 rings (SSSR count). The quantitative estimate of drug-likeness (QED) is 0.701. The first-order valence-electron chi connectivity index (χ1n) is 3.74. The molecule has 1 nitrogen and oxygen atoms in total. The van der Waals surface area contributed by atoms with E-state index in [2.05, 4.69) is 22.0 Å². The Morgan fingerprint density at radius 1 is 1.45 bits per heavy atom. The van der Waals surface area contributed by atoms with E-state index in [0.717, 1.165) is 22.9 Å². The SMILES string of the molecule is O[C@H]1CCc2ccc(Br)cc21. The largest absolute Gasteiger partial charge is 0.388 e. The van der Waals surface area contributed by atoms with Crippen LogP contribution in [-0.4, -0.2) is 5.11 Å². The standard InChI is InChI=1S/C9H9BrO/c10-7-3-1-6-2-4-9(11)8(6)5-7/h1,3,5,9,11H,2,4H2/t9-/m0/s1. The molecule has 0 amide bonds. The van der Waals surface area contributed by atoms with Gasteiger partial charge in [-0.05, 0) is 36.1 Å². The highest BCUT2D eigenvalue weighted by molar-refractivity contribution is 9.10. The van der Waals surface area contributed by atoms with Crippen molar-refractivity contribution >= 4 is 15.9 Å². The van der Waals surface area contributed by atoms with Gasteiger partial charge in [-0.25, -0.2) is 0 Å². The van der Waals surface area contributed by atoms with Crippen LogP contribution in [0, 0.1) is 0 Å². The molecule has 0 aliphatic heterocycles. The Morgan fingerprint density at radius 3 is 3.09 bits per heavy atom. The number of aryl methyl sites for hydroxylation is 1. The molecule has 2 heteroatoms. The van der Waals surface area contributed by atoms with E-state index < -0.39 is 0 Å². The average Bonchev–Trinajstić information content (AvgIpc) is 2.33. The van der Waals surface area contributed by atoms with Gasteiger partial charge in [0.25, 0.3) is 0 Å². The maximum Gasteiger partial charge on any atom is 0.0796 e. The fourth-order valence-corrected chi connectivity index (χ4v) is 1.93. The predicted octanol–water partition coefficient (Wildman–Crippen LogP) is 2.43. The number of halogens is 1. The van der Waals surface area contributed by atoms with Gasteiger partial charge >= 0.3 is 0 Å². The maximum atomic E-state index is 9.48. The van der Waals surface area contributed by atoms with Crippen LogP contribution in [0.15, 0.2) is 22.7 Å². The summed E-state index contributed by atoms with van der Waals surface area (Å²) >= 11 is 3.38. The van der Waals surface area contributed by atoms with Gasteiger partial charge in [0.2, 0.25) is 0 Å². The Bertz CT molecular complexity index is 283. The van der Waals surface area contributed by atoms with Crippen molar-refractivity contribution in [3.05, 3.63) is 33.8 Å². The molecule has 1 aliphatic carbocycles. The van der Waals surface area contributed by atoms with Gasteiger partial charge in [-0.15, -0.1) is 0 Å². The summed E-state index contributed by atoms with van der Waals surface area (Å²) in [5.74, 6) is 0. The second-order valence-electron chi connectivity index (χ2n) is 2.90. The molecule has 58 valence electrons. The van der Waals surface area contributed by atoms with Crippen LogP contribution in [0.3, 0.4) is 0 Å². The summed E-state index contributed by atoms with van der Waals surface area (Å²) < 4.78 is 1.05. The topological polar surface area (TPSA) is 20.2 Å². The highest BCUT2D eigenvalue weighted by atomic mass is 79.9. The fourth-order valence-electron chi connectivity index (χ4n) is 1.55. The summed E-state index contributed by atoms with van der Waals surface area (Å²) in [5, 5.41) is 9.48. The molecule has 0 heterocycles. The summed E-state index contributed by atoms with van der Waals surface area (Å²) in [6.07, 6.45) is 1.66. The number of benzene rings is 1. The van der Waals surface area contributed by atoms with Crippen LogP contribution >= 0.6 is 15.9 Å². The third-order valence-corrected chi connectivity index (χ3v) is 2.65. The molecule has 0 spiro atoms. The zero-order chi connectivity index (χ0) is 7.84. The van der Waals surface area contributed by atoms with E-state index in [1.807, 2.05) is 12.1 Å². The van der Waals surface area contributed by atoms with E-state index in [4.69, 9.17) is 0 Å². The van der Waals surface area contributed by atoms with E-state index in [0.29, 0.717) is 0 Å². The normalized spacial score (nSPS) is 21.8. The van der Waals surface area contributed by atoms with E-state index in [1.165, 1.54) is 5.56 Å². The zero-order valence-corrected chi connectivity index (χ0v) is 7.63. The second-order valence-corrected chi connectivity index (χ2v) is 3.81. The van der Waals surface area contributed by atoms with Crippen LogP contribution in [0.2, 0.25) is 0 Å². The molecular weight excluding hydrogens is 204 g/mol. The van der Waals surface area contributed by atoms with E-state index >= 15 is 0 Å². The molecule has 11 heavy (non-hydrogen) atoms. The first-order chi connectivity index (χ1) is 5.27. The van der Waals surface area contributed by atoms with Gasteiger partial charge in [0, 0.05) is 4.47 Å². The van der Waals surface area contributed by atoms with Crippen molar-refractivity contribution in [2.24, 2.45) is 0 Å². The second kappa shape index (κ2) is 2.61. The molecule has 0 bridgehead atoms. The summed E-state index contributed by atoms with van der Waals surface area (Å²) in [6, 6.07) is 6.11. The van der Waals surface area contributed by atoms with Gasteiger partial charge in [-0.1, -0.05) is 22.0 Å². The minimum atomic E-state index is -0.234. The van der Waals surface area contributed by atoms with Crippen molar-refractivity contribution in [2.75, 3.05) is 0 Å². The third kappa shape index (κ3) is 1.21. The van der Waals surface area contributed by atoms with Crippen LogP contribution in [0.5, 0.6) is 0 Å². The highest BCUT2D eigenvalue weighted by Gasteiger charge is 2.19. The van der Waals surface area contributed by atoms with Gasteiger partial charge in [0.15, 0.2) is 0 Å². The summed E-state index contributed by atoms with van der Waals surface area (Å²) in [7, 11) is 0. The lowest BCUT2D eigenvalue weighted by Crippen LogP contribution is -1.89. The van der Waals surface area contributed by atoms with Crippen molar-refractivity contribution in [3.8, 4) is 0 Å². The maximum absolute atomic E-state index is 9.48. The first kappa shape index (κ1) is 7.32. The van der Waals surface area contributed by atoms with Crippen LogP contribution in [0.1, 0.15) is 23.7 Å². The fraction of sp³-hybridized carbons (Fsp3) is 0.333. The number of hydrogen-bond donors (Lipinski definition) is 1. The predicted molar refractivity (Wildman–Crippen MR) is 47.4 cm³/mol. The summed E-state index contributed by atoms with van der Waals surface area (Å²) in [6.45, 7) is 0. The summed E-state index contributed by atoms with van der Waals surface area (Å²) in [5.41, 5.74) is 2.39. The Labute approximate surface area is 74.2 Å². The lowest BCUT2D eigenvalue weighted by molar-refractivity contribution is 0.180. The number of hydrogen-bond acceptors (Lipinski definition) is 1. The molecule has 0 aromatic heterocycles. The number of aliphatic hydroxyl groups excluding tert-OH is 1. The molecule has 0 radical (unpaired) electrons. The smallest absolute Gasteiger partial charge is 0.0796 e. The van der Waals surface area contributed by atoms with Crippen molar-refractivity contribution < 1.29 is 5.11 Å². The lowest BCUT2D eigenvalue weighted by atomic mass is 10.1. The highest BCUT2D eigenvalue weighted by Crippen LogP contribution is 2.32. The summed E-state index contributed by atoms with van der Waals surface area (Å²) in [4.78, 5) is 0. The zero-order valence-electron chi connectivity index (χ0n) is 6.05. The molecule has 1 N–H and O–H groups in total. The monoisotopic (exact) mass is 212 g/mol. The number of rotatable bonds is 0. The van der Waals surface area contributed by atoms with Crippen molar-refractivity contribution in [1.29, 1.82) is 0 Å². The van der Waals surface area contributed by atoms with Gasteiger partial charge in [-0.2, -0.15) is 0 Å². The van der Waals surface area contributed by atoms with E-state index in [-0.39, 0.29) is 6.10 Å². The molecular formula is C9H9BrO. The van der Waals surface area contributed by atoms with E-state index in [1.54, 1.807) is 0 Å². The van der Waals surface area contributed by atoms with Gasteiger partial charge in [-0.3, -0.25) is 0 Å². The first-order valence-corrected chi connectivity index (χ1v) is 4.53. The molecule has 0 fully saturated rings. The third-order valence-electron chi connectivity index (χ3n) is 2.15. The molecule has 0 saturated heterocycles. The van der Waals surface area contributed by atoms with Crippen molar-refractivity contribution in [2.45, 2.75) is 18.9 Å². The number of fused-ring (bicyclic) bond motifs is 1. The lowest BCUT2D eigenvalue weighted by Gasteiger charge is -2.02. The minimum Gasteiger partial charge on any atom is -0.388 e. The van der Waals surface area contributed by atoms with Crippen LogP contribution < -0.4 is 0 Å². The molecule has 1 aromatic rings. The van der Waals surface area contributed by atoms with Gasteiger partial charge in [0.05, 0.1) is 6.10 Å². The Kier molecular flexibility index (Phi) is 1.74. The molecule has 0 unspecified atom stereocenters. The molecule has 1 aromatic carbocycles. The minimum absolute atomic E-state index is 0.234. The van der Waals surface area contributed by atoms with Crippen LogP contribution in [0.4, 0.5) is 0 Å². The van der Waals surface area contributed by atoms with Crippen LogP contribution in [0.25, 0.3) is 0 Å². The van der Waals surface area contributed by atoms with Gasteiger partial charge in [0.1, 0.15) is 0 Å². The average molecular weight is 213 g/mol. The van der Waals surface area contributed by atoms with Crippen molar-refractivity contribution in [3.63, 3.8) is 0 Å². The van der Waals surface area contributed by atoms with Gasteiger partial charge < -0.3 is 5.11 Å². The number of aliphatic hydroxyl groups is 1. The Morgan fingerprint density at radius 2 is 2.27 bits per heavy atom. The van der Waals surface area contributed by atoms with Crippen LogP contribution in [-0.2, 0) is 6.42 Å². The molecule has 1 aliphatic rings. The van der Waals surface area contributed by atoms with E-state index in [9.17, 15) is 5.11 Å². The van der Waals surface area contributed by atoms with Crippen molar-refractivity contribution in [1.82, 2.24) is 0 Å².